The quantitative estimate of drug-likeness (QED) is 0.555. The van der Waals surface area contributed by atoms with Gasteiger partial charge in [0.05, 0.1) is 0 Å². The molecule has 4 N–H and O–H groups in total. The molecule has 1 heterocycles. The number of hydrogen-bond donors (Lipinski definition) is 3. The molecular formula is C24H37N4O3+. The van der Waals surface area contributed by atoms with Crippen molar-refractivity contribution in [3.63, 3.8) is 0 Å². The smallest absolute Gasteiger partial charge is 0.332 e. The molecule has 2 atom stereocenters. The average molecular weight is 430 g/mol. The molecule has 2 aliphatic rings. The van der Waals surface area contributed by atoms with E-state index in [-0.39, 0.29) is 24.4 Å². The number of imide groups is 1. The maximum atomic E-state index is 12.8. The fourth-order valence-corrected chi connectivity index (χ4v) is 4.70. The normalized spacial score (nSPS) is 20.1. The summed E-state index contributed by atoms with van der Waals surface area (Å²) < 4.78 is 0. The first kappa shape index (κ1) is 23.3. The first-order valence-electron chi connectivity index (χ1n) is 11.7. The number of quaternary nitrogens is 1. The maximum absolute atomic E-state index is 12.8. The molecule has 0 unspecified atom stereocenters. The zero-order valence-corrected chi connectivity index (χ0v) is 19.2. The van der Waals surface area contributed by atoms with Gasteiger partial charge in [0.25, 0.3) is 11.8 Å². The van der Waals surface area contributed by atoms with Gasteiger partial charge < -0.3 is 10.6 Å². The molecule has 3 rings (SSSR count). The summed E-state index contributed by atoms with van der Waals surface area (Å²) in [5.41, 5.74) is 4.19. The number of rotatable bonds is 8. The van der Waals surface area contributed by atoms with Crippen LogP contribution in [-0.2, 0) is 9.59 Å². The number of benzene rings is 1. The van der Waals surface area contributed by atoms with E-state index in [0.717, 1.165) is 30.7 Å². The van der Waals surface area contributed by atoms with Gasteiger partial charge >= 0.3 is 6.03 Å². The van der Waals surface area contributed by atoms with Crippen molar-refractivity contribution in [2.45, 2.75) is 83.7 Å². The van der Waals surface area contributed by atoms with Crippen molar-refractivity contribution >= 4 is 17.8 Å². The Bertz CT molecular complexity index is 800. The molecule has 0 aromatic heterocycles. The van der Waals surface area contributed by atoms with Gasteiger partial charge in [-0.3, -0.25) is 15.0 Å². The summed E-state index contributed by atoms with van der Waals surface area (Å²) in [5.74, 6) is 0.173. The van der Waals surface area contributed by atoms with Gasteiger partial charge in [-0.25, -0.2) is 4.79 Å². The maximum Gasteiger partial charge on any atom is 0.344 e. The molecule has 0 radical (unpaired) electrons. The number of amides is 4. The summed E-state index contributed by atoms with van der Waals surface area (Å²) in [7, 11) is 0. The number of nitrogens with two attached hydrogens (primary N) is 1. The number of carbonyl (C=O) groups excluding carboxylic acids is 3. The van der Waals surface area contributed by atoms with Crippen LogP contribution in [0.25, 0.3) is 0 Å². The van der Waals surface area contributed by atoms with Gasteiger partial charge in [0.15, 0.2) is 6.54 Å². The monoisotopic (exact) mass is 429 g/mol. The fraction of sp³-hybridized carbons (Fsp3) is 0.625. The Morgan fingerprint density at radius 3 is 2.29 bits per heavy atom. The van der Waals surface area contributed by atoms with Gasteiger partial charge in [-0.15, -0.1) is 0 Å². The number of carbonyl (C=O) groups is 3. The highest BCUT2D eigenvalue weighted by molar-refractivity contribution is 6.08. The molecule has 31 heavy (non-hydrogen) atoms. The Morgan fingerprint density at radius 1 is 1.10 bits per heavy atom. The Morgan fingerprint density at radius 2 is 1.71 bits per heavy atom. The Balaban J connectivity index is 1.59. The van der Waals surface area contributed by atoms with E-state index in [4.69, 9.17) is 0 Å². The van der Waals surface area contributed by atoms with Crippen LogP contribution >= 0.6 is 0 Å². The molecule has 0 bridgehead atoms. The highest BCUT2D eigenvalue weighted by atomic mass is 16.2. The minimum Gasteiger partial charge on any atom is -0.332 e. The van der Waals surface area contributed by atoms with Crippen LogP contribution in [0.3, 0.4) is 0 Å². The third kappa shape index (κ3) is 5.09. The predicted octanol–water partition coefficient (Wildman–Crippen LogP) is 2.75. The molecule has 1 aromatic rings. The van der Waals surface area contributed by atoms with E-state index in [1.54, 1.807) is 0 Å². The van der Waals surface area contributed by atoms with Crippen LogP contribution in [0.15, 0.2) is 24.3 Å². The molecule has 7 heteroatoms. The van der Waals surface area contributed by atoms with Crippen molar-refractivity contribution in [1.82, 2.24) is 15.8 Å². The summed E-state index contributed by atoms with van der Waals surface area (Å²) in [6.45, 7) is 8.81. The second kappa shape index (κ2) is 9.81. The standard InChI is InChI=1S/C24H36N4O3/c1-5-17(4)18-9-11-19(12-10-18)21(16(2)3)25-15-20(29)27-28-22(30)24(26-23(28)31)13-7-6-8-14-24/h9-12,16-17,21,25H,5-8,13-15H2,1-4H3,(H,26,31)(H,27,29)/p+1/t17-,21+/m0/s1. The molecule has 1 aliphatic carbocycles. The van der Waals surface area contributed by atoms with Crippen molar-refractivity contribution < 1.29 is 19.7 Å². The van der Waals surface area contributed by atoms with E-state index in [9.17, 15) is 14.4 Å². The average Bonchev–Trinajstić information content (AvgIpc) is 2.97. The van der Waals surface area contributed by atoms with Crippen LogP contribution in [0.4, 0.5) is 4.79 Å². The number of nitrogens with zero attached hydrogens (tertiary/aromatic N) is 1. The minimum atomic E-state index is -0.829. The zero-order valence-electron chi connectivity index (χ0n) is 19.2. The van der Waals surface area contributed by atoms with Crippen LogP contribution in [0.5, 0.6) is 0 Å². The highest BCUT2D eigenvalue weighted by Gasteiger charge is 2.52. The van der Waals surface area contributed by atoms with Crippen LogP contribution < -0.4 is 16.1 Å². The summed E-state index contributed by atoms with van der Waals surface area (Å²) in [6, 6.07) is 8.22. The molecule has 1 saturated heterocycles. The molecule has 4 amide bonds. The Labute approximate surface area is 185 Å². The van der Waals surface area contributed by atoms with Crippen molar-refractivity contribution in [1.29, 1.82) is 0 Å². The van der Waals surface area contributed by atoms with Gasteiger partial charge in [0, 0.05) is 11.5 Å². The summed E-state index contributed by atoms with van der Waals surface area (Å²) in [6.07, 6.45) is 5.27. The first-order chi connectivity index (χ1) is 14.8. The number of hydrazine groups is 1. The predicted molar refractivity (Wildman–Crippen MR) is 119 cm³/mol. The first-order valence-corrected chi connectivity index (χ1v) is 11.7. The molecule has 7 nitrogen and oxygen atoms in total. The third-order valence-electron chi connectivity index (χ3n) is 6.88. The number of nitrogens with one attached hydrogen (secondary N) is 2. The van der Waals surface area contributed by atoms with Gasteiger partial charge in [0.1, 0.15) is 11.6 Å². The Kier molecular flexibility index (Phi) is 7.36. The van der Waals surface area contributed by atoms with E-state index in [1.807, 2.05) is 5.32 Å². The lowest BCUT2D eigenvalue weighted by atomic mass is 9.82. The lowest BCUT2D eigenvalue weighted by molar-refractivity contribution is -0.692. The molecule has 170 valence electrons. The molecule has 2 fully saturated rings. The Hall–Kier alpha value is -2.41. The fourth-order valence-electron chi connectivity index (χ4n) is 4.70. The van der Waals surface area contributed by atoms with E-state index in [0.29, 0.717) is 24.7 Å². The number of urea groups is 1. The van der Waals surface area contributed by atoms with Gasteiger partial charge in [0.2, 0.25) is 0 Å². The van der Waals surface area contributed by atoms with Crippen LogP contribution in [0, 0.1) is 5.92 Å². The third-order valence-corrected chi connectivity index (χ3v) is 6.88. The van der Waals surface area contributed by atoms with Crippen LogP contribution in [0.2, 0.25) is 0 Å². The summed E-state index contributed by atoms with van der Waals surface area (Å²) in [4.78, 5) is 37.8. The largest absolute Gasteiger partial charge is 0.344 e. The minimum absolute atomic E-state index is 0.115. The van der Waals surface area contributed by atoms with E-state index < -0.39 is 11.6 Å². The lowest BCUT2D eigenvalue weighted by Crippen LogP contribution is -2.88. The summed E-state index contributed by atoms with van der Waals surface area (Å²) >= 11 is 0. The van der Waals surface area contributed by atoms with Gasteiger partial charge in [-0.2, -0.15) is 5.01 Å². The molecule has 1 aliphatic heterocycles. The summed E-state index contributed by atoms with van der Waals surface area (Å²) in [5, 5.41) is 5.68. The molecule has 1 aromatic carbocycles. The van der Waals surface area contributed by atoms with Crippen molar-refractivity contribution in [2.24, 2.45) is 5.92 Å². The lowest BCUT2D eigenvalue weighted by Gasteiger charge is -2.30. The SMILES string of the molecule is CC[C@H](C)c1ccc([C@H]([NH2+]CC(=O)NN2C(=O)NC3(CCCCC3)C2=O)C(C)C)cc1. The van der Waals surface area contributed by atoms with E-state index in [1.165, 1.54) is 11.1 Å². The van der Waals surface area contributed by atoms with Gasteiger partial charge in [-0.1, -0.05) is 71.2 Å². The van der Waals surface area contributed by atoms with Gasteiger partial charge in [-0.05, 0) is 30.7 Å². The second-order valence-electron chi connectivity index (χ2n) is 9.43. The molecular weight excluding hydrogens is 392 g/mol. The number of hydrogen-bond acceptors (Lipinski definition) is 3. The van der Waals surface area contributed by atoms with E-state index >= 15 is 0 Å². The van der Waals surface area contributed by atoms with Crippen LogP contribution in [-0.4, -0.2) is 34.9 Å². The van der Waals surface area contributed by atoms with E-state index in [2.05, 4.69) is 62.7 Å². The second-order valence-corrected chi connectivity index (χ2v) is 9.43. The van der Waals surface area contributed by atoms with Crippen molar-refractivity contribution in [3.05, 3.63) is 35.4 Å². The highest BCUT2D eigenvalue weighted by Crippen LogP contribution is 2.33. The van der Waals surface area contributed by atoms with Crippen molar-refractivity contribution in [3.8, 4) is 0 Å². The topological polar surface area (TPSA) is 95.1 Å². The molecule has 1 saturated carbocycles. The van der Waals surface area contributed by atoms with Crippen LogP contribution in [0.1, 0.15) is 89.3 Å². The zero-order chi connectivity index (χ0) is 22.6. The van der Waals surface area contributed by atoms with Crippen molar-refractivity contribution in [2.75, 3.05) is 6.54 Å². The molecule has 1 spiro atoms.